The number of thioether (sulfide) groups is 1. The molecule has 2 rings (SSSR count). The highest BCUT2D eigenvalue weighted by Gasteiger charge is 2.30. The summed E-state index contributed by atoms with van der Waals surface area (Å²) in [4.78, 5) is 24.6. The van der Waals surface area contributed by atoms with E-state index in [1.165, 1.54) is 28.0 Å². The molecule has 1 saturated heterocycles. The summed E-state index contributed by atoms with van der Waals surface area (Å²) in [6, 6.07) is -0.319. The van der Waals surface area contributed by atoms with Gasteiger partial charge in [0.1, 0.15) is 0 Å². The lowest BCUT2D eigenvalue weighted by molar-refractivity contribution is -0.126. The molecule has 9 heteroatoms. The topological polar surface area (TPSA) is 87.2 Å². The Morgan fingerprint density at radius 3 is 2.94 bits per heavy atom. The fraction of sp³-hybridized carbons (Fsp3) is 0.556. The van der Waals surface area contributed by atoms with Gasteiger partial charge in [-0.3, -0.25) is 9.69 Å². The Kier molecular flexibility index (Phi) is 4.02. The Morgan fingerprint density at radius 1 is 1.61 bits per heavy atom. The van der Waals surface area contributed by atoms with Gasteiger partial charge in [-0.25, -0.2) is 4.79 Å². The zero-order valence-electron chi connectivity index (χ0n) is 9.97. The molecule has 1 fully saturated rings. The first kappa shape index (κ1) is 13.1. The lowest BCUT2D eigenvalue weighted by atomic mass is 10.4. The molecule has 2 N–H and O–H groups in total. The summed E-state index contributed by atoms with van der Waals surface area (Å²) in [5.74, 6) is -0.198. The van der Waals surface area contributed by atoms with Gasteiger partial charge in [-0.05, 0) is 6.92 Å². The highest BCUT2D eigenvalue weighted by Crippen LogP contribution is 2.29. The molecular formula is C9H13N5O2S2. The number of carbonyl (C=O) groups is 2. The first-order valence-electron chi connectivity index (χ1n) is 5.39. The maximum absolute atomic E-state index is 12.0. The zero-order chi connectivity index (χ0) is 13.1. The van der Waals surface area contributed by atoms with Crippen molar-refractivity contribution in [1.82, 2.24) is 20.4 Å². The number of nitrogens with one attached hydrogen (secondary N) is 2. The third-order valence-electron chi connectivity index (χ3n) is 2.37. The standard InChI is InChI=1S/C9H13N5O2S2/c1-5(6(15)14-4-3-11-8(14)16)17-9-13-12-7(10-2)18-9/h5H,3-4H2,1-2H3,(H,10,12)(H,11,16)/t5-/m1/s1. The molecule has 1 aliphatic rings. The molecule has 1 aliphatic heterocycles. The summed E-state index contributed by atoms with van der Waals surface area (Å²) in [5, 5.41) is 13.7. The van der Waals surface area contributed by atoms with E-state index in [4.69, 9.17) is 0 Å². The average Bonchev–Trinajstić information content (AvgIpc) is 2.97. The van der Waals surface area contributed by atoms with E-state index in [0.717, 1.165) is 0 Å². The summed E-state index contributed by atoms with van der Waals surface area (Å²) >= 11 is 2.69. The Bertz CT molecular complexity index is 464. The van der Waals surface area contributed by atoms with E-state index >= 15 is 0 Å². The maximum atomic E-state index is 12.0. The molecule has 1 aromatic heterocycles. The van der Waals surface area contributed by atoms with Crippen molar-refractivity contribution in [3.8, 4) is 0 Å². The van der Waals surface area contributed by atoms with Crippen molar-refractivity contribution in [3.05, 3.63) is 0 Å². The monoisotopic (exact) mass is 287 g/mol. The highest BCUT2D eigenvalue weighted by molar-refractivity contribution is 8.02. The van der Waals surface area contributed by atoms with Gasteiger partial charge in [0.25, 0.3) is 0 Å². The second-order valence-corrected chi connectivity index (χ2v) is 6.17. The minimum Gasteiger partial charge on any atom is -0.363 e. The molecule has 0 radical (unpaired) electrons. The van der Waals surface area contributed by atoms with Crippen molar-refractivity contribution < 1.29 is 9.59 Å². The quantitative estimate of drug-likeness (QED) is 0.789. The predicted octanol–water partition coefficient (Wildman–Crippen LogP) is 0.612. The average molecular weight is 287 g/mol. The van der Waals surface area contributed by atoms with Gasteiger partial charge in [-0.1, -0.05) is 23.1 Å². The highest BCUT2D eigenvalue weighted by atomic mass is 32.2. The predicted molar refractivity (Wildman–Crippen MR) is 69.9 cm³/mol. The van der Waals surface area contributed by atoms with E-state index in [9.17, 15) is 9.59 Å². The number of carbonyl (C=O) groups excluding carboxylic acids is 2. The van der Waals surface area contributed by atoms with Crippen molar-refractivity contribution in [2.45, 2.75) is 16.5 Å². The molecule has 3 amide bonds. The first-order valence-corrected chi connectivity index (χ1v) is 7.08. The van der Waals surface area contributed by atoms with Crippen LogP contribution in [0, 0.1) is 0 Å². The fourth-order valence-corrected chi connectivity index (χ4v) is 3.37. The van der Waals surface area contributed by atoms with Gasteiger partial charge < -0.3 is 10.6 Å². The summed E-state index contributed by atoms with van der Waals surface area (Å²) in [5.41, 5.74) is 0. The largest absolute Gasteiger partial charge is 0.363 e. The summed E-state index contributed by atoms with van der Waals surface area (Å²) < 4.78 is 0.708. The Balaban J connectivity index is 1.96. The number of imide groups is 1. The first-order chi connectivity index (χ1) is 8.61. The number of rotatable bonds is 4. The summed E-state index contributed by atoms with van der Waals surface area (Å²) in [6.07, 6.45) is 0. The van der Waals surface area contributed by atoms with E-state index in [0.29, 0.717) is 22.6 Å². The minimum atomic E-state index is -0.355. The molecule has 7 nitrogen and oxygen atoms in total. The number of hydrogen-bond donors (Lipinski definition) is 2. The molecule has 0 unspecified atom stereocenters. The normalized spacial score (nSPS) is 16.6. The smallest absolute Gasteiger partial charge is 0.324 e. The van der Waals surface area contributed by atoms with Crippen LogP contribution in [-0.4, -0.2) is 52.4 Å². The molecule has 0 aromatic carbocycles. The third-order valence-corrected chi connectivity index (χ3v) is 4.48. The van der Waals surface area contributed by atoms with E-state index in [-0.39, 0.29) is 17.2 Å². The molecule has 0 spiro atoms. The van der Waals surface area contributed by atoms with Crippen molar-refractivity contribution in [2.24, 2.45) is 0 Å². The second-order valence-electron chi connectivity index (χ2n) is 3.61. The second kappa shape index (κ2) is 5.53. The Morgan fingerprint density at radius 2 is 2.39 bits per heavy atom. The number of nitrogens with zero attached hydrogens (tertiary/aromatic N) is 3. The van der Waals surface area contributed by atoms with Crippen LogP contribution in [0.25, 0.3) is 0 Å². The lowest BCUT2D eigenvalue weighted by Gasteiger charge is -2.16. The molecule has 0 aliphatic carbocycles. The van der Waals surface area contributed by atoms with Crippen molar-refractivity contribution >= 4 is 40.2 Å². The summed E-state index contributed by atoms with van der Waals surface area (Å²) in [6.45, 7) is 2.71. The number of urea groups is 1. The molecule has 18 heavy (non-hydrogen) atoms. The zero-order valence-corrected chi connectivity index (χ0v) is 11.6. The lowest BCUT2D eigenvalue weighted by Crippen LogP contribution is -2.38. The van der Waals surface area contributed by atoms with Gasteiger partial charge in [0, 0.05) is 20.1 Å². The van der Waals surface area contributed by atoms with Crippen LogP contribution in [0.5, 0.6) is 0 Å². The van der Waals surface area contributed by atoms with Crippen molar-refractivity contribution in [1.29, 1.82) is 0 Å². The van der Waals surface area contributed by atoms with Gasteiger partial charge in [-0.2, -0.15) is 0 Å². The fourth-order valence-electron chi connectivity index (χ4n) is 1.46. The number of anilines is 1. The van der Waals surface area contributed by atoms with Gasteiger partial charge in [0.2, 0.25) is 11.0 Å². The molecule has 1 aromatic rings. The Labute approximate surface area is 112 Å². The van der Waals surface area contributed by atoms with Gasteiger partial charge in [0.05, 0.1) is 5.25 Å². The SMILES string of the molecule is CNc1nnc(S[C@H](C)C(=O)N2CCNC2=O)s1. The van der Waals surface area contributed by atoms with Gasteiger partial charge >= 0.3 is 6.03 Å². The van der Waals surface area contributed by atoms with E-state index < -0.39 is 0 Å². The van der Waals surface area contributed by atoms with E-state index in [1.54, 1.807) is 14.0 Å². The van der Waals surface area contributed by atoms with Crippen LogP contribution in [0.4, 0.5) is 9.93 Å². The van der Waals surface area contributed by atoms with Crippen LogP contribution in [-0.2, 0) is 4.79 Å². The van der Waals surface area contributed by atoms with E-state index in [2.05, 4.69) is 20.8 Å². The molecule has 98 valence electrons. The van der Waals surface area contributed by atoms with Crippen LogP contribution in [0.2, 0.25) is 0 Å². The Hall–Kier alpha value is -1.35. The number of amides is 3. The van der Waals surface area contributed by atoms with E-state index in [1.807, 2.05) is 0 Å². The van der Waals surface area contributed by atoms with Crippen LogP contribution < -0.4 is 10.6 Å². The minimum absolute atomic E-state index is 0.198. The molecule has 1 atom stereocenters. The van der Waals surface area contributed by atoms with Crippen LogP contribution >= 0.6 is 23.1 Å². The number of hydrogen-bond acceptors (Lipinski definition) is 7. The van der Waals surface area contributed by atoms with Crippen LogP contribution in [0.1, 0.15) is 6.92 Å². The van der Waals surface area contributed by atoms with Crippen molar-refractivity contribution in [3.63, 3.8) is 0 Å². The third kappa shape index (κ3) is 2.72. The molecule has 0 bridgehead atoms. The van der Waals surface area contributed by atoms with Crippen LogP contribution in [0.15, 0.2) is 4.34 Å². The molecule has 0 saturated carbocycles. The molecular weight excluding hydrogens is 274 g/mol. The molecule has 2 heterocycles. The van der Waals surface area contributed by atoms with Gasteiger partial charge in [0.15, 0.2) is 4.34 Å². The summed E-state index contributed by atoms with van der Waals surface area (Å²) in [7, 11) is 1.76. The van der Waals surface area contributed by atoms with Crippen LogP contribution in [0.3, 0.4) is 0 Å². The number of aromatic nitrogens is 2. The van der Waals surface area contributed by atoms with Gasteiger partial charge in [-0.15, -0.1) is 10.2 Å². The van der Waals surface area contributed by atoms with Crippen molar-refractivity contribution in [2.75, 3.05) is 25.5 Å². The maximum Gasteiger partial charge on any atom is 0.324 e.